The van der Waals surface area contributed by atoms with Crippen LogP contribution in [0.4, 0.5) is 0 Å². The zero-order valence-electron chi connectivity index (χ0n) is 18.2. The first-order valence-electron chi connectivity index (χ1n) is 11.4. The van der Waals surface area contributed by atoms with E-state index in [9.17, 15) is 4.79 Å². The number of carbonyl (C=O) groups excluding carboxylic acids is 1. The maximum atomic E-state index is 12.7. The van der Waals surface area contributed by atoms with Gasteiger partial charge in [0.2, 0.25) is 5.91 Å². The van der Waals surface area contributed by atoms with Crippen molar-refractivity contribution in [1.82, 2.24) is 24.7 Å². The van der Waals surface area contributed by atoms with Gasteiger partial charge in [-0.05, 0) is 42.2 Å². The number of nitrogens with one attached hydrogen (secondary N) is 1. The molecular formula is C25H31N5O. The van der Waals surface area contributed by atoms with Gasteiger partial charge in [-0.1, -0.05) is 36.4 Å². The number of carbonyl (C=O) groups is 1. The molecule has 3 heterocycles. The van der Waals surface area contributed by atoms with Crippen LogP contribution >= 0.6 is 0 Å². The summed E-state index contributed by atoms with van der Waals surface area (Å²) in [4.78, 5) is 22.0. The van der Waals surface area contributed by atoms with E-state index in [1.807, 2.05) is 6.20 Å². The van der Waals surface area contributed by atoms with Crippen molar-refractivity contribution in [3.63, 3.8) is 0 Å². The molecule has 0 radical (unpaired) electrons. The van der Waals surface area contributed by atoms with Gasteiger partial charge in [-0.15, -0.1) is 0 Å². The summed E-state index contributed by atoms with van der Waals surface area (Å²) in [5.41, 5.74) is 1.15. The van der Waals surface area contributed by atoms with Crippen molar-refractivity contribution < 1.29 is 4.79 Å². The summed E-state index contributed by atoms with van der Waals surface area (Å²) in [5.74, 6) is 1.29. The average Bonchev–Trinajstić information content (AvgIpc) is 3.27. The van der Waals surface area contributed by atoms with Crippen molar-refractivity contribution in [1.29, 1.82) is 0 Å². The number of benzene rings is 2. The first-order chi connectivity index (χ1) is 15.2. The summed E-state index contributed by atoms with van der Waals surface area (Å²) in [5, 5.41) is 5.63. The van der Waals surface area contributed by atoms with Crippen molar-refractivity contribution in [2.75, 3.05) is 26.2 Å². The molecule has 6 nitrogen and oxygen atoms in total. The third kappa shape index (κ3) is 4.50. The van der Waals surface area contributed by atoms with Gasteiger partial charge in [0, 0.05) is 44.6 Å². The molecule has 2 aromatic carbocycles. The largest absolute Gasteiger partial charge is 0.348 e. The van der Waals surface area contributed by atoms with Gasteiger partial charge >= 0.3 is 0 Å². The molecule has 5 rings (SSSR count). The number of piperidine rings is 1. The quantitative estimate of drug-likeness (QED) is 0.693. The Labute approximate surface area is 183 Å². The van der Waals surface area contributed by atoms with Crippen LogP contribution < -0.4 is 5.32 Å². The Morgan fingerprint density at radius 1 is 1.10 bits per heavy atom. The average molecular weight is 418 g/mol. The van der Waals surface area contributed by atoms with Crippen molar-refractivity contribution in [2.45, 2.75) is 44.9 Å². The van der Waals surface area contributed by atoms with Crippen LogP contribution in [0.2, 0.25) is 0 Å². The molecule has 6 heteroatoms. The number of hydrogen-bond donors (Lipinski definition) is 1. The highest BCUT2D eigenvalue weighted by atomic mass is 16.2. The minimum Gasteiger partial charge on any atom is -0.348 e. The fourth-order valence-electron chi connectivity index (χ4n) is 5.00. The monoisotopic (exact) mass is 417 g/mol. The van der Waals surface area contributed by atoms with E-state index in [4.69, 9.17) is 0 Å². The zero-order chi connectivity index (χ0) is 21.2. The van der Waals surface area contributed by atoms with Gasteiger partial charge in [-0.25, -0.2) is 4.98 Å². The maximum absolute atomic E-state index is 12.7. The number of hydrogen-bond acceptors (Lipinski definition) is 4. The second-order valence-corrected chi connectivity index (χ2v) is 8.91. The first kappa shape index (κ1) is 20.2. The lowest BCUT2D eigenvalue weighted by atomic mass is 10.0. The van der Waals surface area contributed by atoms with Gasteiger partial charge in [0.1, 0.15) is 5.82 Å². The second-order valence-electron chi connectivity index (χ2n) is 8.91. The fraction of sp³-hybridized carbons (Fsp3) is 0.440. The third-order valence-electron chi connectivity index (χ3n) is 6.87. The number of imidazole rings is 1. The lowest BCUT2D eigenvalue weighted by Crippen LogP contribution is -2.49. The van der Waals surface area contributed by atoms with Crippen LogP contribution in [0.1, 0.15) is 37.2 Å². The molecule has 1 aromatic heterocycles. The molecule has 31 heavy (non-hydrogen) atoms. The number of rotatable bonds is 5. The third-order valence-corrected chi connectivity index (χ3v) is 6.87. The number of likely N-dealkylation sites (tertiary alicyclic amines) is 1. The van der Waals surface area contributed by atoms with E-state index in [1.165, 1.54) is 16.6 Å². The normalized spacial score (nSPS) is 19.3. The summed E-state index contributed by atoms with van der Waals surface area (Å²) in [7, 11) is 0. The summed E-state index contributed by atoms with van der Waals surface area (Å²) in [6.07, 6.45) is 6.22. The van der Waals surface area contributed by atoms with Gasteiger partial charge in [0.25, 0.3) is 0 Å². The van der Waals surface area contributed by atoms with Gasteiger partial charge < -0.3 is 9.88 Å². The summed E-state index contributed by atoms with van der Waals surface area (Å²) in [6.45, 7) is 7.58. The van der Waals surface area contributed by atoms with Gasteiger partial charge in [-0.2, -0.15) is 0 Å². The number of fused-ring (bicyclic) bond motifs is 2. The Morgan fingerprint density at radius 3 is 2.74 bits per heavy atom. The smallest absolute Gasteiger partial charge is 0.234 e. The molecule has 2 aliphatic heterocycles. The van der Waals surface area contributed by atoms with Crippen LogP contribution in [0.25, 0.3) is 10.8 Å². The summed E-state index contributed by atoms with van der Waals surface area (Å²) >= 11 is 0. The molecule has 0 unspecified atom stereocenters. The number of nitrogens with zero attached hydrogens (tertiary/aromatic N) is 4. The fourth-order valence-corrected chi connectivity index (χ4v) is 5.00. The van der Waals surface area contributed by atoms with E-state index < -0.39 is 0 Å². The molecule has 1 N–H and O–H groups in total. The van der Waals surface area contributed by atoms with E-state index in [2.05, 4.69) is 80.3 Å². The van der Waals surface area contributed by atoms with E-state index in [-0.39, 0.29) is 11.9 Å². The summed E-state index contributed by atoms with van der Waals surface area (Å²) in [6, 6.07) is 15.4. The minimum absolute atomic E-state index is 0.00624. The molecule has 0 saturated carbocycles. The van der Waals surface area contributed by atoms with Crippen LogP contribution in [0, 0.1) is 0 Å². The molecule has 1 saturated heterocycles. The Morgan fingerprint density at radius 2 is 1.90 bits per heavy atom. The van der Waals surface area contributed by atoms with E-state index in [0.29, 0.717) is 12.6 Å². The van der Waals surface area contributed by atoms with Gasteiger partial charge in [0.05, 0.1) is 19.1 Å². The molecule has 1 amide bonds. The maximum Gasteiger partial charge on any atom is 0.234 e. The zero-order valence-corrected chi connectivity index (χ0v) is 18.2. The van der Waals surface area contributed by atoms with Crippen LogP contribution in [-0.2, 0) is 17.9 Å². The van der Waals surface area contributed by atoms with Gasteiger partial charge in [0.15, 0.2) is 0 Å². The molecule has 0 aliphatic carbocycles. The number of amides is 1. The lowest BCUT2D eigenvalue weighted by Gasteiger charge is -2.40. The standard InChI is InChI=1S/C25H31N5O/c1-19(21-7-6-20-4-2-3-5-22(20)16-21)27-25(31)18-28-11-8-23(9-12-28)30-15-14-29-13-10-26-24(29)17-30/h2-7,10,13,16,19,23H,8-9,11-12,14-15,17-18H2,1H3,(H,27,31)/t19-/m0/s1. The molecule has 1 fully saturated rings. The molecule has 2 aliphatic rings. The molecule has 162 valence electrons. The predicted molar refractivity (Wildman–Crippen MR) is 123 cm³/mol. The molecule has 3 aromatic rings. The van der Waals surface area contributed by atoms with Crippen LogP contribution in [0.15, 0.2) is 54.9 Å². The summed E-state index contributed by atoms with van der Waals surface area (Å²) < 4.78 is 2.26. The topological polar surface area (TPSA) is 53.4 Å². The van der Waals surface area contributed by atoms with E-state index in [1.54, 1.807) is 0 Å². The molecule has 1 atom stereocenters. The first-order valence-corrected chi connectivity index (χ1v) is 11.4. The van der Waals surface area contributed by atoms with Crippen LogP contribution in [-0.4, -0.2) is 57.5 Å². The molecular weight excluding hydrogens is 386 g/mol. The Balaban J connectivity index is 1.10. The van der Waals surface area contributed by atoms with Crippen LogP contribution in [0.5, 0.6) is 0 Å². The van der Waals surface area contributed by atoms with Crippen molar-refractivity contribution in [3.05, 3.63) is 66.2 Å². The highest BCUT2D eigenvalue weighted by molar-refractivity contribution is 5.83. The highest BCUT2D eigenvalue weighted by Gasteiger charge is 2.28. The van der Waals surface area contributed by atoms with E-state index >= 15 is 0 Å². The van der Waals surface area contributed by atoms with E-state index in [0.717, 1.165) is 51.1 Å². The predicted octanol–water partition coefficient (Wildman–Crippen LogP) is 3.19. The molecule has 0 spiro atoms. The van der Waals surface area contributed by atoms with Crippen LogP contribution in [0.3, 0.4) is 0 Å². The second kappa shape index (κ2) is 8.81. The highest BCUT2D eigenvalue weighted by Crippen LogP contribution is 2.22. The SMILES string of the molecule is C[C@H](NC(=O)CN1CCC(N2CCn3ccnc3C2)CC1)c1ccc2ccccc2c1. The number of aromatic nitrogens is 2. The Hall–Kier alpha value is -2.70. The van der Waals surface area contributed by atoms with Gasteiger partial charge in [-0.3, -0.25) is 14.6 Å². The Bertz CT molecular complexity index is 1050. The van der Waals surface area contributed by atoms with Crippen molar-refractivity contribution in [2.24, 2.45) is 0 Å². The van der Waals surface area contributed by atoms with Crippen molar-refractivity contribution in [3.8, 4) is 0 Å². The lowest BCUT2D eigenvalue weighted by molar-refractivity contribution is -0.123. The minimum atomic E-state index is 0.00624. The van der Waals surface area contributed by atoms with Crippen molar-refractivity contribution >= 4 is 16.7 Å². The molecule has 0 bridgehead atoms. The Kier molecular flexibility index (Phi) is 5.74.